The molecule has 0 aliphatic carbocycles. The Hall–Kier alpha value is -2.23. The summed E-state index contributed by atoms with van der Waals surface area (Å²) in [6, 6.07) is 9.84. The number of nitrogens with zero attached hydrogens (tertiary/aromatic N) is 1. The molecule has 1 atom stereocenters. The number of carbonyl (C=O) groups excluding carboxylic acids is 2. The smallest absolute Gasteiger partial charge is 0.434 e. The van der Waals surface area contributed by atoms with Crippen LogP contribution in [0, 0.1) is 5.92 Å². The van der Waals surface area contributed by atoms with E-state index >= 15 is 0 Å². The van der Waals surface area contributed by atoms with Gasteiger partial charge in [-0.1, -0.05) is 50.3 Å². The van der Waals surface area contributed by atoms with Gasteiger partial charge in [0.15, 0.2) is 6.29 Å². The Morgan fingerprint density at radius 2 is 2.00 bits per heavy atom. The predicted molar refractivity (Wildman–Crippen MR) is 92.8 cm³/mol. The molecule has 1 aromatic rings. The van der Waals surface area contributed by atoms with Gasteiger partial charge in [-0.15, -0.1) is 6.58 Å². The molecule has 0 spiro atoms. The number of aldehydes is 1. The Balaban J connectivity index is 2.71. The van der Waals surface area contributed by atoms with E-state index < -0.39 is 6.09 Å². The number of aliphatic imine (C=N–C) groups is 1. The van der Waals surface area contributed by atoms with Crippen molar-refractivity contribution in [2.75, 3.05) is 0 Å². The summed E-state index contributed by atoms with van der Waals surface area (Å²) in [7, 11) is 0. The Morgan fingerprint density at radius 3 is 2.57 bits per heavy atom. The molecule has 0 saturated carbocycles. The lowest BCUT2D eigenvalue weighted by atomic mass is 10.0. The monoisotopic (exact) mass is 315 g/mol. The Morgan fingerprint density at radius 1 is 1.30 bits per heavy atom. The van der Waals surface area contributed by atoms with Crippen LogP contribution >= 0.6 is 0 Å². The lowest BCUT2D eigenvalue weighted by Gasteiger charge is -2.16. The minimum Gasteiger partial charge on any atom is -0.444 e. The van der Waals surface area contributed by atoms with Crippen molar-refractivity contribution >= 4 is 18.1 Å². The average Bonchev–Trinajstić information content (AvgIpc) is 2.52. The highest BCUT2D eigenvalue weighted by Gasteiger charge is 2.15. The van der Waals surface area contributed by atoms with E-state index in [4.69, 9.17) is 4.74 Å². The second kappa shape index (κ2) is 10.5. The highest BCUT2D eigenvalue weighted by Crippen LogP contribution is 2.13. The first-order valence-corrected chi connectivity index (χ1v) is 7.93. The molecule has 0 aliphatic heterocycles. The van der Waals surface area contributed by atoms with Crippen LogP contribution in [0.15, 0.2) is 48.0 Å². The van der Waals surface area contributed by atoms with E-state index in [2.05, 4.69) is 11.6 Å². The van der Waals surface area contributed by atoms with E-state index in [1.807, 2.05) is 44.2 Å². The number of hydrogen-bond acceptors (Lipinski definition) is 3. The van der Waals surface area contributed by atoms with Gasteiger partial charge in [0.1, 0.15) is 6.10 Å². The van der Waals surface area contributed by atoms with Gasteiger partial charge in [-0.2, -0.15) is 4.99 Å². The molecule has 4 heteroatoms. The van der Waals surface area contributed by atoms with Gasteiger partial charge < -0.3 is 4.74 Å². The lowest BCUT2D eigenvalue weighted by Crippen LogP contribution is -2.20. The number of carbonyl (C=O) groups is 2. The van der Waals surface area contributed by atoms with Crippen molar-refractivity contribution in [3.05, 3.63) is 48.6 Å². The Bertz CT molecular complexity index is 535. The molecule has 0 aromatic heterocycles. The summed E-state index contributed by atoms with van der Waals surface area (Å²) in [6.07, 6.45) is 3.96. The van der Waals surface area contributed by atoms with Crippen LogP contribution in [0.5, 0.6) is 0 Å². The van der Waals surface area contributed by atoms with Gasteiger partial charge in [0.25, 0.3) is 0 Å². The molecule has 1 rings (SSSR count). The minimum atomic E-state index is -0.697. The van der Waals surface area contributed by atoms with Crippen molar-refractivity contribution < 1.29 is 14.3 Å². The molecule has 0 N–H and O–H groups in total. The van der Waals surface area contributed by atoms with E-state index in [1.54, 1.807) is 6.08 Å². The Labute approximate surface area is 138 Å². The lowest BCUT2D eigenvalue weighted by molar-refractivity contribution is -0.102. The minimum absolute atomic E-state index is 0.229. The number of amides is 1. The molecular formula is C19H25NO3. The molecule has 124 valence electrons. The molecular weight excluding hydrogens is 290 g/mol. The van der Waals surface area contributed by atoms with Crippen molar-refractivity contribution in [1.29, 1.82) is 0 Å². The van der Waals surface area contributed by atoms with E-state index in [1.165, 1.54) is 0 Å². The highest BCUT2D eigenvalue weighted by atomic mass is 16.6. The second-order valence-electron chi connectivity index (χ2n) is 5.88. The third-order valence-electron chi connectivity index (χ3n) is 3.25. The molecule has 0 fully saturated rings. The quantitative estimate of drug-likeness (QED) is 0.386. The second-order valence-corrected chi connectivity index (χ2v) is 5.88. The normalized spacial score (nSPS) is 12.7. The fourth-order valence-electron chi connectivity index (χ4n) is 2.21. The van der Waals surface area contributed by atoms with Crippen LogP contribution in [0.2, 0.25) is 0 Å². The molecule has 0 saturated heterocycles. The van der Waals surface area contributed by atoms with E-state index in [0.717, 1.165) is 12.0 Å². The van der Waals surface area contributed by atoms with Crippen LogP contribution in [0.3, 0.4) is 0 Å². The summed E-state index contributed by atoms with van der Waals surface area (Å²) in [5.41, 5.74) is 1.32. The molecule has 0 heterocycles. The zero-order chi connectivity index (χ0) is 17.1. The third kappa shape index (κ3) is 8.10. The van der Waals surface area contributed by atoms with Crippen LogP contribution in [0.1, 0.15) is 38.7 Å². The zero-order valence-electron chi connectivity index (χ0n) is 13.9. The van der Waals surface area contributed by atoms with E-state index in [9.17, 15) is 9.59 Å². The standard InChI is InChI=1S/C19H25NO3/c1-4-5-11-18(13-16-9-7-6-8-10-16)23-19(22)20-17(14-21)12-15(2)3/h4,6-10,14-15,18H,1,5,11-13H2,2-3H3. The van der Waals surface area contributed by atoms with Gasteiger partial charge >= 0.3 is 6.09 Å². The molecule has 1 aromatic carbocycles. The first kappa shape index (κ1) is 18.8. The van der Waals surface area contributed by atoms with Gasteiger partial charge in [0.05, 0.1) is 5.71 Å². The number of rotatable bonds is 9. The Kier molecular flexibility index (Phi) is 8.58. The van der Waals surface area contributed by atoms with Gasteiger partial charge in [0.2, 0.25) is 0 Å². The first-order chi connectivity index (χ1) is 11.0. The molecule has 0 radical (unpaired) electrons. The fraction of sp³-hybridized carbons (Fsp3) is 0.421. The predicted octanol–water partition coefficient (Wildman–Crippen LogP) is 4.39. The average molecular weight is 315 g/mol. The van der Waals surface area contributed by atoms with Crippen molar-refractivity contribution in [2.45, 2.75) is 45.6 Å². The number of allylic oxidation sites excluding steroid dienone is 1. The van der Waals surface area contributed by atoms with Gasteiger partial charge in [-0.3, -0.25) is 4.79 Å². The van der Waals surface area contributed by atoms with Crippen LogP contribution in [-0.4, -0.2) is 24.2 Å². The van der Waals surface area contributed by atoms with E-state index in [-0.39, 0.29) is 17.7 Å². The number of hydrogen-bond donors (Lipinski definition) is 0. The molecule has 1 unspecified atom stereocenters. The summed E-state index contributed by atoms with van der Waals surface area (Å²) in [5, 5.41) is 0. The summed E-state index contributed by atoms with van der Waals surface area (Å²) in [5.74, 6) is 0.257. The van der Waals surface area contributed by atoms with Crippen molar-refractivity contribution in [1.82, 2.24) is 0 Å². The zero-order valence-corrected chi connectivity index (χ0v) is 13.9. The van der Waals surface area contributed by atoms with E-state index in [0.29, 0.717) is 25.5 Å². The SMILES string of the molecule is C=CCCC(Cc1ccccc1)OC(=O)N=C(C=O)CC(C)C. The van der Waals surface area contributed by atoms with Crippen LogP contribution in [-0.2, 0) is 16.0 Å². The van der Waals surface area contributed by atoms with Crippen molar-refractivity contribution in [3.63, 3.8) is 0 Å². The summed E-state index contributed by atoms with van der Waals surface area (Å²) in [6.45, 7) is 7.63. The van der Waals surface area contributed by atoms with Crippen LogP contribution in [0.25, 0.3) is 0 Å². The summed E-state index contributed by atoms with van der Waals surface area (Å²) >= 11 is 0. The van der Waals surface area contributed by atoms with Crippen molar-refractivity contribution in [2.24, 2.45) is 10.9 Å². The molecule has 1 amide bonds. The van der Waals surface area contributed by atoms with Gasteiger partial charge in [0, 0.05) is 6.42 Å². The summed E-state index contributed by atoms with van der Waals surface area (Å²) < 4.78 is 5.44. The van der Waals surface area contributed by atoms with Crippen LogP contribution < -0.4 is 0 Å². The third-order valence-corrected chi connectivity index (χ3v) is 3.25. The van der Waals surface area contributed by atoms with Gasteiger partial charge in [-0.25, -0.2) is 4.79 Å². The first-order valence-electron chi connectivity index (χ1n) is 7.93. The maximum atomic E-state index is 12.0. The van der Waals surface area contributed by atoms with Crippen LogP contribution in [0.4, 0.5) is 4.79 Å². The molecule has 4 nitrogen and oxygen atoms in total. The van der Waals surface area contributed by atoms with Gasteiger partial charge in [-0.05, 0) is 30.7 Å². The topological polar surface area (TPSA) is 55.7 Å². The highest BCUT2D eigenvalue weighted by molar-refractivity contribution is 6.30. The summed E-state index contributed by atoms with van der Waals surface area (Å²) in [4.78, 5) is 26.7. The molecule has 0 bridgehead atoms. The fourth-order valence-corrected chi connectivity index (χ4v) is 2.21. The molecule has 0 aliphatic rings. The number of ether oxygens (including phenoxy) is 1. The van der Waals surface area contributed by atoms with Crippen molar-refractivity contribution in [3.8, 4) is 0 Å². The maximum Gasteiger partial charge on any atom is 0.434 e. The largest absolute Gasteiger partial charge is 0.444 e. The molecule has 23 heavy (non-hydrogen) atoms. The number of benzene rings is 1. The maximum absolute atomic E-state index is 12.0.